The maximum Gasteiger partial charge on any atom is 0.381 e. The van der Waals surface area contributed by atoms with E-state index in [1.165, 1.54) is 22.7 Å². The molecule has 0 aliphatic carbocycles. The van der Waals surface area contributed by atoms with Gasteiger partial charge in [0.1, 0.15) is 12.7 Å². The molecular formula is C15H18N4O3. The second-order valence-electron chi connectivity index (χ2n) is 5.34. The summed E-state index contributed by atoms with van der Waals surface area (Å²) < 4.78 is 1.42. The molecule has 0 saturated heterocycles. The Morgan fingerprint density at radius 1 is 1.41 bits per heavy atom. The van der Waals surface area contributed by atoms with Gasteiger partial charge in [-0.3, -0.25) is 4.79 Å². The van der Waals surface area contributed by atoms with Gasteiger partial charge in [0.05, 0.1) is 0 Å². The van der Waals surface area contributed by atoms with Crippen molar-refractivity contribution in [1.82, 2.24) is 14.5 Å². The fourth-order valence-electron chi connectivity index (χ4n) is 2.17. The van der Waals surface area contributed by atoms with Crippen molar-refractivity contribution >= 4 is 11.7 Å². The molecule has 22 heavy (non-hydrogen) atoms. The van der Waals surface area contributed by atoms with Gasteiger partial charge in [-0.25, -0.2) is 0 Å². The summed E-state index contributed by atoms with van der Waals surface area (Å²) in [5.41, 5.74) is 3.40. The average Bonchev–Trinajstić information content (AvgIpc) is 2.90. The lowest BCUT2D eigenvalue weighted by molar-refractivity contribution is -0.389. The van der Waals surface area contributed by atoms with Gasteiger partial charge < -0.3 is 19.6 Å². The third-order valence-electron chi connectivity index (χ3n) is 3.46. The first kappa shape index (κ1) is 15.7. The van der Waals surface area contributed by atoms with E-state index < -0.39 is 4.92 Å². The molecule has 1 heterocycles. The van der Waals surface area contributed by atoms with Gasteiger partial charge in [0.15, 0.2) is 0 Å². The van der Waals surface area contributed by atoms with Crippen LogP contribution in [-0.2, 0) is 17.9 Å². The highest BCUT2D eigenvalue weighted by Gasteiger charge is 2.15. The molecule has 0 aliphatic heterocycles. The van der Waals surface area contributed by atoms with E-state index in [0.29, 0.717) is 6.54 Å². The van der Waals surface area contributed by atoms with Gasteiger partial charge in [-0.15, -0.1) is 0 Å². The molecule has 2 rings (SSSR count). The lowest BCUT2D eigenvalue weighted by Gasteiger charge is -2.18. The van der Waals surface area contributed by atoms with Crippen molar-refractivity contribution in [3.8, 4) is 0 Å². The Balaban J connectivity index is 2.00. The predicted octanol–water partition coefficient (Wildman–Crippen LogP) is 2.07. The van der Waals surface area contributed by atoms with Crippen molar-refractivity contribution < 1.29 is 9.72 Å². The number of aromatic nitrogens is 2. The Morgan fingerprint density at radius 3 is 2.73 bits per heavy atom. The zero-order chi connectivity index (χ0) is 16.3. The molecule has 0 aliphatic rings. The number of nitro groups is 1. The molecule has 1 aromatic carbocycles. The predicted molar refractivity (Wildman–Crippen MR) is 81.3 cm³/mol. The SMILES string of the molecule is Cc1ccc(CN(C)C(=O)Cn2cnc([N+](=O)[O-])c2)c(C)c1. The molecule has 116 valence electrons. The molecule has 1 amide bonds. The van der Waals surface area contributed by atoms with Gasteiger partial charge in [0.2, 0.25) is 12.2 Å². The summed E-state index contributed by atoms with van der Waals surface area (Å²) in [5.74, 6) is -0.392. The number of hydrogen-bond donors (Lipinski definition) is 0. The van der Waals surface area contributed by atoms with Crippen LogP contribution in [0.1, 0.15) is 16.7 Å². The number of nitrogens with zero attached hydrogens (tertiary/aromatic N) is 4. The van der Waals surface area contributed by atoms with E-state index in [-0.39, 0.29) is 18.3 Å². The minimum atomic E-state index is -0.583. The molecule has 0 unspecified atom stereocenters. The number of benzene rings is 1. The van der Waals surface area contributed by atoms with E-state index in [0.717, 1.165) is 11.1 Å². The third kappa shape index (κ3) is 3.69. The van der Waals surface area contributed by atoms with Crippen molar-refractivity contribution in [3.05, 3.63) is 57.5 Å². The molecule has 0 spiro atoms. The molecule has 0 bridgehead atoms. The highest BCUT2D eigenvalue weighted by atomic mass is 16.6. The van der Waals surface area contributed by atoms with Crippen LogP contribution in [0.15, 0.2) is 30.7 Å². The van der Waals surface area contributed by atoms with Crippen molar-refractivity contribution in [2.24, 2.45) is 0 Å². The molecule has 2 aromatic rings. The number of aryl methyl sites for hydroxylation is 2. The molecule has 7 nitrogen and oxygen atoms in total. The van der Waals surface area contributed by atoms with Crippen LogP contribution in [-0.4, -0.2) is 32.3 Å². The van der Waals surface area contributed by atoms with Crippen molar-refractivity contribution in [3.63, 3.8) is 0 Å². The van der Waals surface area contributed by atoms with Gasteiger partial charge in [0, 0.05) is 13.6 Å². The fraction of sp³-hybridized carbons (Fsp3) is 0.333. The summed E-state index contributed by atoms with van der Waals surface area (Å²) in [7, 11) is 1.72. The number of rotatable bonds is 5. The number of carbonyl (C=O) groups excluding carboxylic acids is 1. The van der Waals surface area contributed by atoms with Crippen LogP contribution >= 0.6 is 0 Å². The molecule has 1 aromatic heterocycles. The number of likely N-dealkylation sites (N-methyl/N-ethyl adjacent to an activating group) is 1. The smallest absolute Gasteiger partial charge is 0.358 e. The van der Waals surface area contributed by atoms with Crippen LogP contribution in [0.5, 0.6) is 0 Å². The minimum Gasteiger partial charge on any atom is -0.358 e. The number of amides is 1. The van der Waals surface area contributed by atoms with Gasteiger partial charge in [0.25, 0.3) is 0 Å². The molecule has 7 heteroatoms. The summed E-state index contributed by atoms with van der Waals surface area (Å²) in [5, 5.41) is 10.6. The van der Waals surface area contributed by atoms with Crippen LogP contribution in [0.25, 0.3) is 0 Å². The highest BCUT2D eigenvalue weighted by Crippen LogP contribution is 2.13. The second-order valence-corrected chi connectivity index (χ2v) is 5.34. The Bertz CT molecular complexity index is 709. The molecule has 0 saturated carbocycles. The van der Waals surface area contributed by atoms with Crippen LogP contribution in [0.2, 0.25) is 0 Å². The van der Waals surface area contributed by atoms with Gasteiger partial charge in [-0.1, -0.05) is 23.8 Å². The summed E-state index contributed by atoms with van der Waals surface area (Å²) in [6.07, 6.45) is 2.55. The minimum absolute atomic E-state index is 0.0300. The monoisotopic (exact) mass is 302 g/mol. The van der Waals surface area contributed by atoms with E-state index in [1.54, 1.807) is 11.9 Å². The largest absolute Gasteiger partial charge is 0.381 e. The molecule has 0 radical (unpaired) electrons. The summed E-state index contributed by atoms with van der Waals surface area (Å²) >= 11 is 0. The topological polar surface area (TPSA) is 81.3 Å². The second kappa shape index (κ2) is 6.38. The maximum absolute atomic E-state index is 12.2. The van der Waals surface area contributed by atoms with E-state index in [2.05, 4.69) is 11.1 Å². The molecule has 0 fully saturated rings. The van der Waals surface area contributed by atoms with Crippen LogP contribution < -0.4 is 0 Å². The zero-order valence-corrected chi connectivity index (χ0v) is 12.8. The van der Waals surface area contributed by atoms with E-state index >= 15 is 0 Å². The zero-order valence-electron chi connectivity index (χ0n) is 12.8. The van der Waals surface area contributed by atoms with Crippen molar-refractivity contribution in [2.75, 3.05) is 7.05 Å². The van der Waals surface area contributed by atoms with Crippen LogP contribution in [0.4, 0.5) is 5.82 Å². The highest BCUT2D eigenvalue weighted by molar-refractivity contribution is 5.75. The van der Waals surface area contributed by atoms with E-state index in [1.807, 2.05) is 26.0 Å². The number of imidazole rings is 1. The maximum atomic E-state index is 12.2. The Hall–Kier alpha value is -2.70. The van der Waals surface area contributed by atoms with Crippen LogP contribution in [0, 0.1) is 24.0 Å². The normalized spacial score (nSPS) is 10.5. The average molecular weight is 302 g/mol. The standard InChI is InChI=1S/C15H18N4O3/c1-11-4-5-13(12(2)6-11)7-17(3)15(20)9-18-8-14(16-10-18)19(21)22/h4-6,8,10H,7,9H2,1-3H3. The van der Waals surface area contributed by atoms with Crippen molar-refractivity contribution in [2.45, 2.75) is 26.9 Å². The lowest BCUT2D eigenvalue weighted by Crippen LogP contribution is -2.29. The Labute approximate surface area is 128 Å². The van der Waals surface area contributed by atoms with Crippen molar-refractivity contribution in [1.29, 1.82) is 0 Å². The Kier molecular flexibility index (Phi) is 4.55. The Morgan fingerprint density at radius 2 is 2.14 bits per heavy atom. The molecular weight excluding hydrogens is 284 g/mol. The van der Waals surface area contributed by atoms with Gasteiger partial charge in [-0.2, -0.15) is 0 Å². The lowest BCUT2D eigenvalue weighted by atomic mass is 10.1. The number of carbonyl (C=O) groups is 1. The van der Waals surface area contributed by atoms with E-state index in [4.69, 9.17) is 0 Å². The van der Waals surface area contributed by atoms with Crippen LogP contribution in [0.3, 0.4) is 0 Å². The number of hydrogen-bond acceptors (Lipinski definition) is 4. The van der Waals surface area contributed by atoms with Gasteiger partial charge >= 0.3 is 5.82 Å². The first-order chi connectivity index (χ1) is 10.4. The summed E-state index contributed by atoms with van der Waals surface area (Å²) in [4.78, 5) is 27.4. The first-order valence-electron chi connectivity index (χ1n) is 6.83. The molecule has 0 atom stereocenters. The van der Waals surface area contributed by atoms with Gasteiger partial charge in [-0.05, 0) is 34.9 Å². The first-order valence-corrected chi connectivity index (χ1v) is 6.83. The third-order valence-corrected chi connectivity index (χ3v) is 3.46. The fourth-order valence-corrected chi connectivity index (χ4v) is 2.17. The summed E-state index contributed by atoms with van der Waals surface area (Å²) in [6.45, 7) is 4.57. The van der Waals surface area contributed by atoms with E-state index in [9.17, 15) is 14.9 Å². The molecule has 0 N–H and O–H groups in total. The quantitative estimate of drug-likeness (QED) is 0.625. The summed E-state index contributed by atoms with van der Waals surface area (Å²) in [6, 6.07) is 6.10.